The van der Waals surface area contributed by atoms with E-state index in [-0.39, 0.29) is 26.9 Å². The van der Waals surface area contributed by atoms with E-state index in [1.807, 2.05) is 30.1 Å². The molecule has 2 aromatic rings. The average molecular weight is 580 g/mol. The van der Waals surface area contributed by atoms with Crippen molar-refractivity contribution in [2.45, 2.75) is 21.0 Å². The topological polar surface area (TPSA) is 166 Å². The molecule has 3 atom stereocenters. The van der Waals surface area contributed by atoms with Crippen molar-refractivity contribution in [3.05, 3.63) is 40.8 Å². The number of aromatic nitrogens is 2. The van der Waals surface area contributed by atoms with Gasteiger partial charge >= 0.3 is 0 Å². The molecule has 16 heteroatoms. The first-order chi connectivity index (χ1) is 17.8. The summed E-state index contributed by atoms with van der Waals surface area (Å²) in [4.78, 5) is 49.1. The summed E-state index contributed by atoms with van der Waals surface area (Å²) in [5.74, 6) is -1.83. The first-order valence-electron chi connectivity index (χ1n) is 10.8. The highest BCUT2D eigenvalue weighted by molar-refractivity contribution is 8.17. The third kappa shape index (κ3) is 4.97. The number of thioether (sulfide) groups is 3. The van der Waals surface area contributed by atoms with Gasteiger partial charge in [0, 0.05) is 23.0 Å². The second kappa shape index (κ2) is 10.4. The minimum Gasteiger partial charge on any atom is -0.543 e. The van der Waals surface area contributed by atoms with Gasteiger partial charge in [-0.15, -0.1) is 34.9 Å². The SMILES string of the molecule is CO/N=C(\C(=O)NC1C(=O)N2C(C(=O)[O-])=C(CSC3Nc4cc[n+](C)cc4S3)CS[C@H]12)c1csc(N)n1. The maximum atomic E-state index is 13.0. The predicted molar refractivity (Wildman–Crippen MR) is 140 cm³/mol. The predicted octanol–water partition coefficient (Wildman–Crippen LogP) is -0.461. The number of thiazole rings is 1. The second-order valence-corrected chi connectivity index (χ2v) is 12.6. The van der Waals surface area contributed by atoms with Crippen molar-refractivity contribution in [2.24, 2.45) is 12.2 Å². The zero-order valence-electron chi connectivity index (χ0n) is 19.5. The molecule has 3 aliphatic heterocycles. The van der Waals surface area contributed by atoms with Crippen LogP contribution in [0.2, 0.25) is 0 Å². The minimum atomic E-state index is -1.42. The lowest BCUT2D eigenvalue weighted by molar-refractivity contribution is -0.673. The maximum Gasteiger partial charge on any atom is 0.276 e. The van der Waals surface area contributed by atoms with Gasteiger partial charge in [-0.25, -0.2) is 9.55 Å². The van der Waals surface area contributed by atoms with Gasteiger partial charge in [0.05, 0.1) is 22.2 Å². The third-order valence-corrected chi connectivity index (χ3v) is 10.2. The fraction of sp³-hybridized carbons (Fsp3) is 0.333. The highest BCUT2D eigenvalue weighted by Crippen LogP contribution is 2.45. The van der Waals surface area contributed by atoms with E-state index in [0.717, 1.165) is 21.9 Å². The van der Waals surface area contributed by atoms with Gasteiger partial charge in [0.25, 0.3) is 11.8 Å². The van der Waals surface area contributed by atoms with Crippen molar-refractivity contribution in [2.75, 3.05) is 29.7 Å². The number of anilines is 2. The summed E-state index contributed by atoms with van der Waals surface area (Å²) >= 11 is 5.72. The molecule has 0 bridgehead atoms. The molecule has 12 nitrogen and oxygen atoms in total. The van der Waals surface area contributed by atoms with E-state index in [2.05, 4.69) is 20.8 Å². The number of hydrogen-bond donors (Lipinski definition) is 3. The maximum absolute atomic E-state index is 13.0. The Kier molecular flexibility index (Phi) is 7.24. The lowest BCUT2D eigenvalue weighted by Gasteiger charge is -2.50. The van der Waals surface area contributed by atoms with Crippen molar-refractivity contribution in [3.63, 3.8) is 0 Å². The fourth-order valence-electron chi connectivity index (χ4n) is 3.99. The van der Waals surface area contributed by atoms with Crippen LogP contribution in [0.3, 0.4) is 0 Å². The van der Waals surface area contributed by atoms with Crippen LogP contribution >= 0.6 is 46.6 Å². The number of amides is 2. The lowest BCUT2D eigenvalue weighted by atomic mass is 10.0. The zero-order valence-corrected chi connectivity index (χ0v) is 22.8. The quantitative estimate of drug-likeness (QED) is 0.160. The van der Waals surface area contributed by atoms with Gasteiger partial charge in [0.1, 0.15) is 36.0 Å². The Morgan fingerprint density at radius 3 is 3.00 bits per heavy atom. The Labute approximate surface area is 228 Å². The van der Waals surface area contributed by atoms with Gasteiger partial charge in [-0.3, -0.25) is 14.5 Å². The molecular weight excluding hydrogens is 559 g/mol. The van der Waals surface area contributed by atoms with Crippen LogP contribution in [0.25, 0.3) is 0 Å². The van der Waals surface area contributed by atoms with E-state index in [9.17, 15) is 19.5 Å². The van der Waals surface area contributed by atoms with Gasteiger partial charge in [-0.1, -0.05) is 16.9 Å². The third-order valence-electron chi connectivity index (χ3n) is 5.67. The number of nitrogens with one attached hydrogen (secondary N) is 2. The van der Waals surface area contributed by atoms with Crippen molar-refractivity contribution < 1.29 is 28.9 Å². The van der Waals surface area contributed by atoms with E-state index in [1.165, 1.54) is 23.8 Å². The number of aliphatic carboxylic acids is 1. The van der Waals surface area contributed by atoms with Gasteiger partial charge in [0.15, 0.2) is 23.2 Å². The molecule has 3 aliphatic rings. The molecule has 2 unspecified atom stereocenters. The normalized spacial score (nSPS) is 22.6. The van der Waals surface area contributed by atoms with Crippen LogP contribution in [0, 0.1) is 0 Å². The lowest BCUT2D eigenvalue weighted by Crippen LogP contribution is -2.71. The Balaban J connectivity index is 1.26. The van der Waals surface area contributed by atoms with Crippen molar-refractivity contribution >= 4 is 80.9 Å². The molecule has 1 saturated heterocycles. The first-order valence-corrected chi connectivity index (χ1v) is 14.7. The average Bonchev–Trinajstić information content (AvgIpc) is 3.48. The molecule has 0 aliphatic carbocycles. The number of carbonyl (C=O) groups is 3. The summed E-state index contributed by atoms with van der Waals surface area (Å²) in [5, 5.41) is 23.1. The largest absolute Gasteiger partial charge is 0.543 e. The molecule has 194 valence electrons. The number of nitrogen functional groups attached to an aromatic ring is 1. The highest BCUT2D eigenvalue weighted by atomic mass is 32.2. The van der Waals surface area contributed by atoms with Crippen LogP contribution in [0.4, 0.5) is 10.8 Å². The van der Waals surface area contributed by atoms with Crippen LogP contribution in [0.15, 0.2) is 45.2 Å². The van der Waals surface area contributed by atoms with Gasteiger partial charge < -0.3 is 31.1 Å². The van der Waals surface area contributed by atoms with E-state index < -0.39 is 29.2 Å². The number of aryl methyl sites for hydroxylation is 1. The molecule has 37 heavy (non-hydrogen) atoms. The summed E-state index contributed by atoms with van der Waals surface area (Å²) in [6.07, 6.45) is 3.98. The van der Waals surface area contributed by atoms with Crippen LogP contribution in [-0.4, -0.2) is 68.1 Å². The number of carboxylic acids is 1. The van der Waals surface area contributed by atoms with Crippen LogP contribution in [-0.2, 0) is 26.3 Å². The number of carbonyl (C=O) groups excluding carboxylic acids is 3. The Bertz CT molecular complexity index is 1350. The second-order valence-electron chi connectivity index (χ2n) is 8.09. The number of rotatable bonds is 8. The molecule has 5 rings (SSSR count). The van der Waals surface area contributed by atoms with Crippen LogP contribution < -0.4 is 26.0 Å². The minimum absolute atomic E-state index is 0.00741. The Hall–Kier alpha value is -2.95. The van der Waals surface area contributed by atoms with Gasteiger partial charge in [-0.05, 0) is 5.57 Å². The molecule has 0 radical (unpaired) electrons. The number of hydrogen-bond acceptors (Lipinski definition) is 13. The van der Waals surface area contributed by atoms with Gasteiger partial charge in [0.2, 0.25) is 0 Å². The summed E-state index contributed by atoms with van der Waals surface area (Å²) < 4.78 is 1.98. The zero-order chi connectivity index (χ0) is 26.3. The molecule has 2 amide bonds. The summed E-state index contributed by atoms with van der Waals surface area (Å²) in [5.41, 5.74) is 7.24. The van der Waals surface area contributed by atoms with Crippen LogP contribution in [0.1, 0.15) is 5.69 Å². The Morgan fingerprint density at radius 1 is 1.49 bits per heavy atom. The number of pyridine rings is 1. The number of nitrogens with zero attached hydrogens (tertiary/aromatic N) is 4. The molecule has 0 spiro atoms. The molecule has 0 aromatic carbocycles. The standard InChI is InChI=1S/C21H21N7O5S4/c1-27-4-3-10-12(5-27)37-21(24-10)36-7-9-6-34-18-14(17(30)28(18)15(9)19(31)32)25-16(29)13(26-33-2)11-8-35-20(22)23-11/h3-5,8,14,18,21H,6-7H2,1-2H3,(H4,22,23,25,29,31,32)/b26-13-/t14?,18-,21?/m1/s1. The summed E-state index contributed by atoms with van der Waals surface area (Å²) in [6.45, 7) is 0. The molecule has 5 heterocycles. The fourth-order valence-corrected chi connectivity index (χ4v) is 8.50. The summed E-state index contributed by atoms with van der Waals surface area (Å²) in [7, 11) is 3.23. The van der Waals surface area contributed by atoms with E-state index in [0.29, 0.717) is 17.1 Å². The van der Waals surface area contributed by atoms with Crippen LogP contribution in [0.5, 0.6) is 0 Å². The number of nitrogens with two attached hydrogens (primary N) is 1. The van der Waals surface area contributed by atoms with Crippen molar-refractivity contribution in [1.82, 2.24) is 15.2 Å². The molecule has 2 aromatic heterocycles. The molecular formula is C21H21N7O5S4. The molecule has 1 fully saturated rings. The highest BCUT2D eigenvalue weighted by Gasteiger charge is 2.53. The molecule has 4 N–H and O–H groups in total. The number of carboxylic acid groups (broad SMARTS) is 1. The summed E-state index contributed by atoms with van der Waals surface area (Å²) in [6, 6.07) is 1.07. The van der Waals surface area contributed by atoms with Gasteiger partial charge in [-0.2, -0.15) is 0 Å². The number of oxime groups is 1. The van der Waals surface area contributed by atoms with Crippen molar-refractivity contribution in [3.8, 4) is 0 Å². The molecule has 0 saturated carbocycles. The number of β-lactam (4-membered cyclic amide) rings is 1. The van der Waals surface area contributed by atoms with Crippen molar-refractivity contribution in [1.29, 1.82) is 0 Å². The first kappa shape index (κ1) is 25.7. The number of fused-ring (bicyclic) bond motifs is 2. The smallest absolute Gasteiger partial charge is 0.276 e. The Morgan fingerprint density at radius 2 is 2.30 bits per heavy atom. The monoisotopic (exact) mass is 579 g/mol. The van der Waals surface area contributed by atoms with E-state index in [4.69, 9.17) is 10.6 Å². The van der Waals surface area contributed by atoms with E-state index >= 15 is 0 Å². The van der Waals surface area contributed by atoms with E-state index in [1.54, 1.807) is 28.9 Å².